The molecule has 2 rings (SSSR count). The lowest BCUT2D eigenvalue weighted by Gasteiger charge is -2.34. The molecule has 1 amide bonds. The molecule has 1 fully saturated rings. The Morgan fingerprint density at radius 2 is 1.81 bits per heavy atom. The standard InChI is InChI=1S/C15H23N3O3/c16-5-1-2-6-17-7-9-18(10-8-17)15(21)12-3-4-13(19)14(20)11-12/h3-4,11,19-20H,1-2,5-10,16H2. The fourth-order valence-corrected chi connectivity index (χ4v) is 2.49. The molecular weight excluding hydrogens is 270 g/mol. The van der Waals surface area contributed by atoms with Crippen LogP contribution in [0.4, 0.5) is 0 Å². The lowest BCUT2D eigenvalue weighted by atomic mass is 10.1. The molecular formula is C15H23N3O3. The van der Waals surface area contributed by atoms with Gasteiger partial charge in [0.1, 0.15) is 0 Å². The van der Waals surface area contributed by atoms with E-state index in [1.165, 1.54) is 18.2 Å². The maximum Gasteiger partial charge on any atom is 0.254 e. The molecule has 0 aromatic heterocycles. The summed E-state index contributed by atoms with van der Waals surface area (Å²) in [5, 5.41) is 18.8. The van der Waals surface area contributed by atoms with Crippen molar-refractivity contribution in [1.29, 1.82) is 0 Å². The SMILES string of the molecule is NCCCCN1CCN(C(=O)c2ccc(O)c(O)c2)CC1. The molecule has 4 N–H and O–H groups in total. The quantitative estimate of drug-likeness (QED) is 0.546. The Morgan fingerprint density at radius 3 is 2.43 bits per heavy atom. The van der Waals surface area contributed by atoms with Crippen LogP contribution < -0.4 is 5.73 Å². The van der Waals surface area contributed by atoms with Crippen molar-refractivity contribution in [1.82, 2.24) is 9.80 Å². The number of nitrogens with two attached hydrogens (primary N) is 1. The molecule has 116 valence electrons. The highest BCUT2D eigenvalue weighted by Crippen LogP contribution is 2.25. The summed E-state index contributed by atoms with van der Waals surface area (Å²) in [7, 11) is 0. The van der Waals surface area contributed by atoms with E-state index in [1.807, 2.05) is 0 Å². The number of rotatable bonds is 5. The molecule has 6 heteroatoms. The molecule has 0 saturated carbocycles. The van der Waals surface area contributed by atoms with Crippen LogP contribution in [0, 0.1) is 0 Å². The van der Waals surface area contributed by atoms with Crippen LogP contribution in [0.15, 0.2) is 18.2 Å². The fourth-order valence-electron chi connectivity index (χ4n) is 2.49. The molecule has 1 saturated heterocycles. The van der Waals surface area contributed by atoms with Crippen LogP contribution in [-0.2, 0) is 0 Å². The zero-order chi connectivity index (χ0) is 15.2. The number of aromatic hydroxyl groups is 2. The first-order valence-electron chi connectivity index (χ1n) is 7.35. The van der Waals surface area contributed by atoms with Crippen molar-refractivity contribution in [3.05, 3.63) is 23.8 Å². The molecule has 21 heavy (non-hydrogen) atoms. The highest BCUT2D eigenvalue weighted by atomic mass is 16.3. The topological polar surface area (TPSA) is 90.0 Å². The summed E-state index contributed by atoms with van der Waals surface area (Å²) in [4.78, 5) is 16.5. The first-order chi connectivity index (χ1) is 10.1. The van der Waals surface area contributed by atoms with Gasteiger partial charge in [-0.1, -0.05) is 0 Å². The Labute approximate surface area is 124 Å². The maximum atomic E-state index is 12.3. The first kappa shape index (κ1) is 15.6. The third-order valence-corrected chi connectivity index (χ3v) is 3.81. The van der Waals surface area contributed by atoms with Gasteiger partial charge in [0.05, 0.1) is 0 Å². The number of hydrogen-bond acceptors (Lipinski definition) is 5. The van der Waals surface area contributed by atoms with Gasteiger partial charge in [-0.25, -0.2) is 0 Å². The van der Waals surface area contributed by atoms with E-state index in [9.17, 15) is 15.0 Å². The van der Waals surface area contributed by atoms with Crippen LogP contribution >= 0.6 is 0 Å². The average Bonchev–Trinajstić information content (AvgIpc) is 2.50. The molecule has 0 atom stereocenters. The van der Waals surface area contributed by atoms with Crippen LogP contribution in [-0.4, -0.2) is 65.2 Å². The zero-order valence-corrected chi connectivity index (χ0v) is 12.2. The maximum absolute atomic E-state index is 12.3. The second-order valence-electron chi connectivity index (χ2n) is 5.33. The van der Waals surface area contributed by atoms with E-state index in [0.29, 0.717) is 18.7 Å². The number of phenols is 2. The lowest BCUT2D eigenvalue weighted by molar-refractivity contribution is 0.0635. The predicted octanol–water partition coefficient (Wildman–Crippen LogP) is 0.595. The molecule has 6 nitrogen and oxygen atoms in total. The molecule has 0 aliphatic carbocycles. The number of piperazine rings is 1. The molecule has 0 bridgehead atoms. The third-order valence-electron chi connectivity index (χ3n) is 3.81. The molecule has 1 aromatic carbocycles. The normalized spacial score (nSPS) is 16.1. The second kappa shape index (κ2) is 7.28. The van der Waals surface area contributed by atoms with Crippen LogP contribution in [0.3, 0.4) is 0 Å². The van der Waals surface area contributed by atoms with Gasteiger partial charge in [-0.2, -0.15) is 0 Å². The third kappa shape index (κ3) is 4.09. The highest BCUT2D eigenvalue weighted by molar-refractivity contribution is 5.95. The van der Waals surface area contributed by atoms with E-state index in [2.05, 4.69) is 4.90 Å². The number of benzene rings is 1. The Bertz CT molecular complexity index is 485. The van der Waals surface area contributed by atoms with E-state index in [0.717, 1.165) is 39.0 Å². The number of hydrogen-bond donors (Lipinski definition) is 3. The number of carbonyl (C=O) groups excluding carboxylic acids is 1. The van der Waals surface area contributed by atoms with Crippen LogP contribution in [0.2, 0.25) is 0 Å². The Hall–Kier alpha value is -1.79. The van der Waals surface area contributed by atoms with Gasteiger partial charge in [-0.05, 0) is 44.1 Å². The summed E-state index contributed by atoms with van der Waals surface area (Å²) in [6.45, 7) is 4.84. The summed E-state index contributed by atoms with van der Waals surface area (Å²) in [6.07, 6.45) is 2.13. The monoisotopic (exact) mass is 293 g/mol. The Kier molecular flexibility index (Phi) is 5.41. The largest absolute Gasteiger partial charge is 0.504 e. The van der Waals surface area contributed by atoms with Crippen molar-refractivity contribution in [3.8, 4) is 11.5 Å². The van der Waals surface area contributed by atoms with Crippen LogP contribution in [0.1, 0.15) is 23.2 Å². The summed E-state index contributed by atoms with van der Waals surface area (Å²) in [6, 6.07) is 4.18. The molecule has 1 aliphatic rings. The van der Waals surface area contributed by atoms with Crippen molar-refractivity contribution in [2.75, 3.05) is 39.3 Å². The van der Waals surface area contributed by atoms with Crippen molar-refractivity contribution in [3.63, 3.8) is 0 Å². The Balaban J connectivity index is 1.86. The summed E-state index contributed by atoms with van der Waals surface area (Å²) in [5.74, 6) is -0.579. The van der Waals surface area contributed by atoms with Gasteiger partial charge >= 0.3 is 0 Å². The van der Waals surface area contributed by atoms with Gasteiger partial charge < -0.3 is 20.8 Å². The fraction of sp³-hybridized carbons (Fsp3) is 0.533. The molecule has 1 aliphatic heterocycles. The zero-order valence-electron chi connectivity index (χ0n) is 12.2. The van der Waals surface area contributed by atoms with Gasteiger partial charge in [0.15, 0.2) is 11.5 Å². The minimum atomic E-state index is -0.263. The molecule has 0 spiro atoms. The van der Waals surface area contributed by atoms with Crippen molar-refractivity contribution in [2.45, 2.75) is 12.8 Å². The molecule has 0 unspecified atom stereocenters. The molecule has 1 aromatic rings. The molecule has 1 heterocycles. The van der Waals surface area contributed by atoms with Crippen LogP contribution in [0.5, 0.6) is 11.5 Å². The first-order valence-corrected chi connectivity index (χ1v) is 7.35. The van der Waals surface area contributed by atoms with Gasteiger partial charge in [0.2, 0.25) is 0 Å². The van der Waals surface area contributed by atoms with Crippen molar-refractivity contribution < 1.29 is 15.0 Å². The molecule has 0 radical (unpaired) electrons. The van der Waals surface area contributed by atoms with Gasteiger partial charge in [0, 0.05) is 31.7 Å². The van der Waals surface area contributed by atoms with Gasteiger partial charge in [-0.15, -0.1) is 0 Å². The van der Waals surface area contributed by atoms with Gasteiger partial charge in [-0.3, -0.25) is 9.69 Å². The number of nitrogens with zero attached hydrogens (tertiary/aromatic N) is 2. The van der Waals surface area contributed by atoms with Crippen LogP contribution in [0.25, 0.3) is 0 Å². The minimum Gasteiger partial charge on any atom is -0.504 e. The van der Waals surface area contributed by atoms with E-state index >= 15 is 0 Å². The van der Waals surface area contributed by atoms with E-state index in [4.69, 9.17) is 5.73 Å². The Morgan fingerprint density at radius 1 is 1.10 bits per heavy atom. The lowest BCUT2D eigenvalue weighted by Crippen LogP contribution is -2.48. The smallest absolute Gasteiger partial charge is 0.254 e. The summed E-state index contributed by atoms with van der Waals surface area (Å²) >= 11 is 0. The number of carbonyl (C=O) groups is 1. The van der Waals surface area contributed by atoms with E-state index < -0.39 is 0 Å². The van der Waals surface area contributed by atoms with E-state index in [1.54, 1.807) is 4.90 Å². The highest BCUT2D eigenvalue weighted by Gasteiger charge is 2.22. The number of unbranched alkanes of at least 4 members (excludes halogenated alkanes) is 1. The predicted molar refractivity (Wildman–Crippen MR) is 80.4 cm³/mol. The number of amides is 1. The van der Waals surface area contributed by atoms with Crippen molar-refractivity contribution >= 4 is 5.91 Å². The average molecular weight is 293 g/mol. The summed E-state index contributed by atoms with van der Waals surface area (Å²) in [5.41, 5.74) is 5.89. The van der Waals surface area contributed by atoms with Crippen molar-refractivity contribution in [2.24, 2.45) is 5.73 Å². The summed E-state index contributed by atoms with van der Waals surface area (Å²) < 4.78 is 0. The van der Waals surface area contributed by atoms with E-state index in [-0.39, 0.29) is 17.4 Å². The van der Waals surface area contributed by atoms with Gasteiger partial charge in [0.25, 0.3) is 5.91 Å². The number of phenolic OH excluding ortho intramolecular Hbond substituents is 2. The minimum absolute atomic E-state index is 0.105. The second-order valence-corrected chi connectivity index (χ2v) is 5.33.